The Bertz CT molecular complexity index is 388. The SMILES string of the molecule is CCOC(=O)C1CC(CCCO[Si](C)(C)C(C)(C)C)=NO1. The number of ether oxygens (including phenoxy) is 1. The Kier molecular flexibility index (Phi) is 6.40. The van der Waals surface area contributed by atoms with Crippen molar-refractivity contribution in [3.8, 4) is 0 Å². The molecule has 1 unspecified atom stereocenters. The fourth-order valence-electron chi connectivity index (χ4n) is 1.76. The molecule has 0 N–H and O–H groups in total. The minimum atomic E-state index is -1.67. The first-order valence-corrected chi connectivity index (χ1v) is 10.6. The van der Waals surface area contributed by atoms with Gasteiger partial charge in [-0.05, 0) is 37.9 Å². The van der Waals surface area contributed by atoms with E-state index in [1.54, 1.807) is 6.92 Å². The predicted molar refractivity (Wildman–Crippen MR) is 85.9 cm³/mol. The Hall–Kier alpha value is -0.883. The van der Waals surface area contributed by atoms with Gasteiger partial charge in [-0.2, -0.15) is 0 Å². The van der Waals surface area contributed by atoms with Crippen LogP contribution in [0.4, 0.5) is 0 Å². The highest BCUT2D eigenvalue weighted by Gasteiger charge is 2.37. The van der Waals surface area contributed by atoms with Crippen molar-refractivity contribution < 1.29 is 18.8 Å². The molecule has 1 aliphatic rings. The fraction of sp³-hybridized carbons (Fsp3) is 0.867. The molecule has 0 spiro atoms. The third-order valence-electron chi connectivity index (χ3n) is 4.16. The molecule has 1 rings (SSSR count). The second-order valence-corrected chi connectivity index (χ2v) is 11.7. The van der Waals surface area contributed by atoms with Crippen molar-refractivity contribution in [2.24, 2.45) is 5.16 Å². The van der Waals surface area contributed by atoms with Gasteiger partial charge in [-0.25, -0.2) is 4.79 Å². The van der Waals surface area contributed by atoms with E-state index in [2.05, 4.69) is 39.0 Å². The Labute approximate surface area is 129 Å². The van der Waals surface area contributed by atoms with Gasteiger partial charge >= 0.3 is 5.97 Å². The number of carbonyl (C=O) groups excluding carboxylic acids is 1. The molecular formula is C15H29NO4Si. The molecule has 0 aromatic carbocycles. The van der Waals surface area contributed by atoms with Crippen molar-refractivity contribution in [3.05, 3.63) is 0 Å². The van der Waals surface area contributed by atoms with Crippen LogP contribution in [0.1, 0.15) is 47.0 Å². The number of oxime groups is 1. The smallest absolute Gasteiger partial charge is 0.350 e. The van der Waals surface area contributed by atoms with Crippen LogP contribution in [0.2, 0.25) is 18.1 Å². The van der Waals surface area contributed by atoms with Crippen LogP contribution in [-0.2, 0) is 18.8 Å². The second kappa shape index (κ2) is 7.40. The van der Waals surface area contributed by atoms with E-state index >= 15 is 0 Å². The first-order valence-electron chi connectivity index (χ1n) is 7.69. The summed E-state index contributed by atoms with van der Waals surface area (Å²) in [5.41, 5.74) is 0.923. The normalized spacial score (nSPS) is 19.1. The molecule has 0 fully saturated rings. The number of rotatable bonds is 7. The average Bonchev–Trinajstić information content (AvgIpc) is 2.82. The van der Waals surface area contributed by atoms with Gasteiger partial charge in [0.05, 0.1) is 12.3 Å². The van der Waals surface area contributed by atoms with Crippen molar-refractivity contribution in [2.75, 3.05) is 13.2 Å². The van der Waals surface area contributed by atoms with Crippen LogP contribution in [-0.4, -0.2) is 39.3 Å². The lowest BCUT2D eigenvalue weighted by Gasteiger charge is -2.36. The number of hydrogen-bond donors (Lipinski definition) is 0. The first-order chi connectivity index (χ1) is 9.67. The molecule has 0 saturated carbocycles. The Morgan fingerprint density at radius 1 is 1.43 bits per heavy atom. The second-order valence-electron chi connectivity index (χ2n) is 6.92. The highest BCUT2D eigenvalue weighted by Crippen LogP contribution is 2.36. The molecule has 5 nitrogen and oxygen atoms in total. The van der Waals surface area contributed by atoms with Crippen LogP contribution >= 0.6 is 0 Å². The van der Waals surface area contributed by atoms with Crippen molar-refractivity contribution in [1.29, 1.82) is 0 Å². The topological polar surface area (TPSA) is 57.1 Å². The Morgan fingerprint density at radius 2 is 2.10 bits per heavy atom. The summed E-state index contributed by atoms with van der Waals surface area (Å²) in [4.78, 5) is 16.6. The zero-order valence-corrected chi connectivity index (χ0v) is 15.2. The van der Waals surface area contributed by atoms with Crippen LogP contribution in [0.25, 0.3) is 0 Å². The summed E-state index contributed by atoms with van der Waals surface area (Å²) in [7, 11) is -1.67. The summed E-state index contributed by atoms with van der Waals surface area (Å²) in [5, 5.41) is 4.21. The van der Waals surface area contributed by atoms with Crippen molar-refractivity contribution >= 4 is 20.0 Å². The van der Waals surface area contributed by atoms with Gasteiger partial charge in [0.1, 0.15) is 0 Å². The molecule has 0 aromatic heterocycles. The van der Waals surface area contributed by atoms with E-state index in [1.807, 2.05) is 0 Å². The van der Waals surface area contributed by atoms with Gasteiger partial charge in [0.15, 0.2) is 8.32 Å². The van der Waals surface area contributed by atoms with E-state index in [0.717, 1.165) is 25.2 Å². The largest absolute Gasteiger partial charge is 0.463 e. The van der Waals surface area contributed by atoms with Crippen LogP contribution in [0.3, 0.4) is 0 Å². The van der Waals surface area contributed by atoms with Crippen molar-refractivity contribution in [2.45, 2.75) is 71.2 Å². The summed E-state index contributed by atoms with van der Waals surface area (Å²) in [6.07, 6.45) is 1.70. The molecule has 1 aliphatic heterocycles. The predicted octanol–water partition coefficient (Wildman–Crippen LogP) is 3.50. The molecule has 21 heavy (non-hydrogen) atoms. The lowest BCUT2D eigenvalue weighted by molar-refractivity contribution is -0.154. The van der Waals surface area contributed by atoms with E-state index in [-0.39, 0.29) is 11.0 Å². The monoisotopic (exact) mass is 315 g/mol. The van der Waals surface area contributed by atoms with Crippen LogP contribution in [0.5, 0.6) is 0 Å². The quantitative estimate of drug-likeness (QED) is 0.410. The molecule has 0 aliphatic carbocycles. The van der Waals surface area contributed by atoms with E-state index in [0.29, 0.717) is 13.0 Å². The summed E-state index contributed by atoms with van der Waals surface area (Å²) < 4.78 is 11.0. The maximum absolute atomic E-state index is 11.5. The van der Waals surface area contributed by atoms with Gasteiger partial charge in [-0.1, -0.05) is 25.9 Å². The molecule has 0 radical (unpaired) electrons. The van der Waals surface area contributed by atoms with Crippen LogP contribution < -0.4 is 0 Å². The fourth-order valence-corrected chi connectivity index (χ4v) is 2.84. The summed E-state index contributed by atoms with van der Waals surface area (Å²) in [5.74, 6) is -0.325. The maximum atomic E-state index is 11.5. The molecule has 0 bridgehead atoms. The van der Waals surface area contributed by atoms with E-state index < -0.39 is 14.4 Å². The zero-order valence-electron chi connectivity index (χ0n) is 14.2. The zero-order chi connectivity index (χ0) is 16.1. The third-order valence-corrected chi connectivity index (χ3v) is 8.70. The van der Waals surface area contributed by atoms with Gasteiger partial charge in [0.2, 0.25) is 6.10 Å². The summed E-state index contributed by atoms with van der Waals surface area (Å²) in [6, 6.07) is 0. The van der Waals surface area contributed by atoms with Gasteiger partial charge < -0.3 is 14.0 Å². The number of nitrogens with zero attached hydrogens (tertiary/aromatic N) is 1. The van der Waals surface area contributed by atoms with Crippen molar-refractivity contribution in [3.63, 3.8) is 0 Å². The van der Waals surface area contributed by atoms with E-state index in [4.69, 9.17) is 14.0 Å². The minimum absolute atomic E-state index is 0.232. The van der Waals surface area contributed by atoms with Gasteiger partial charge in [-0.3, -0.25) is 0 Å². The maximum Gasteiger partial charge on any atom is 0.350 e. The number of carbonyl (C=O) groups is 1. The third kappa shape index (κ3) is 5.43. The van der Waals surface area contributed by atoms with Gasteiger partial charge in [0.25, 0.3) is 0 Å². The molecule has 6 heteroatoms. The Morgan fingerprint density at radius 3 is 2.67 bits per heavy atom. The Balaban J connectivity index is 2.25. The standard InChI is InChI=1S/C15H29NO4Si/c1-7-18-14(17)13-11-12(16-20-13)9-8-10-19-21(5,6)15(2,3)4/h13H,7-11H2,1-6H3. The molecule has 1 heterocycles. The number of hydrogen-bond acceptors (Lipinski definition) is 5. The lowest BCUT2D eigenvalue weighted by atomic mass is 10.1. The lowest BCUT2D eigenvalue weighted by Crippen LogP contribution is -2.41. The molecule has 0 amide bonds. The first kappa shape index (κ1) is 18.2. The van der Waals surface area contributed by atoms with Crippen LogP contribution in [0, 0.1) is 0 Å². The molecule has 122 valence electrons. The highest BCUT2D eigenvalue weighted by atomic mass is 28.4. The van der Waals surface area contributed by atoms with Crippen molar-refractivity contribution in [1.82, 2.24) is 0 Å². The van der Waals surface area contributed by atoms with Gasteiger partial charge in [-0.15, -0.1) is 0 Å². The minimum Gasteiger partial charge on any atom is -0.463 e. The summed E-state index contributed by atoms with van der Waals surface area (Å²) in [6.45, 7) is 14.1. The molecule has 1 atom stereocenters. The van der Waals surface area contributed by atoms with Crippen LogP contribution in [0.15, 0.2) is 5.16 Å². The highest BCUT2D eigenvalue weighted by molar-refractivity contribution is 6.74. The molecule has 0 saturated heterocycles. The molecular weight excluding hydrogens is 286 g/mol. The van der Waals surface area contributed by atoms with Gasteiger partial charge in [0, 0.05) is 13.0 Å². The number of esters is 1. The average molecular weight is 315 g/mol. The van der Waals surface area contributed by atoms with E-state index in [9.17, 15) is 4.79 Å². The molecule has 0 aromatic rings. The van der Waals surface area contributed by atoms with E-state index in [1.165, 1.54) is 0 Å². The summed E-state index contributed by atoms with van der Waals surface area (Å²) >= 11 is 0.